The highest BCUT2D eigenvalue weighted by molar-refractivity contribution is 6.30. The van der Waals surface area contributed by atoms with E-state index in [0.29, 0.717) is 11.4 Å². The van der Waals surface area contributed by atoms with Crippen molar-refractivity contribution >= 4 is 17.5 Å². The fraction of sp³-hybridized carbons (Fsp3) is 0.250. The van der Waals surface area contributed by atoms with Crippen molar-refractivity contribution < 1.29 is 4.79 Å². The first-order chi connectivity index (χ1) is 10.1. The highest BCUT2D eigenvalue weighted by Gasteiger charge is 2.18. The minimum absolute atomic E-state index is 0.195. The number of carbonyl (C=O) groups excluding carboxylic acids is 1. The number of nitrogens with one attached hydrogen (secondary N) is 1. The van der Waals surface area contributed by atoms with Crippen LogP contribution in [0.4, 0.5) is 0 Å². The molecule has 2 atom stereocenters. The number of nitrogens with two attached hydrogens (primary N) is 1. The zero-order valence-corrected chi connectivity index (χ0v) is 12.5. The second kappa shape index (κ2) is 7.20. The van der Waals surface area contributed by atoms with Crippen molar-refractivity contribution in [3.8, 4) is 0 Å². The van der Waals surface area contributed by atoms with Crippen LogP contribution in [0.25, 0.3) is 0 Å². The van der Waals surface area contributed by atoms with Crippen LogP contribution < -0.4 is 11.1 Å². The molecule has 0 spiro atoms. The molecule has 0 fully saturated rings. The predicted octanol–water partition coefficient (Wildman–Crippen LogP) is 2.48. The first-order valence-electron chi connectivity index (χ1n) is 6.77. The number of carbonyl (C=O) groups is 1. The maximum atomic E-state index is 11.9. The molecular formula is C16H18ClN3O. The molecule has 4 nitrogen and oxygen atoms in total. The largest absolute Gasteiger partial charge is 0.346 e. The van der Waals surface area contributed by atoms with Gasteiger partial charge in [-0.15, -0.1) is 0 Å². The number of aromatic nitrogens is 1. The summed E-state index contributed by atoms with van der Waals surface area (Å²) < 4.78 is 0. The Balaban J connectivity index is 2.19. The summed E-state index contributed by atoms with van der Waals surface area (Å²) in [5.74, 6) is -0.195. The Bertz CT molecular complexity index is 584. The van der Waals surface area contributed by atoms with Crippen molar-refractivity contribution in [3.05, 3.63) is 64.9 Å². The van der Waals surface area contributed by atoms with Crippen molar-refractivity contribution in [2.75, 3.05) is 0 Å². The summed E-state index contributed by atoms with van der Waals surface area (Å²) in [7, 11) is 0. The topological polar surface area (TPSA) is 68.0 Å². The average molecular weight is 304 g/mol. The van der Waals surface area contributed by atoms with E-state index in [1.54, 1.807) is 13.1 Å². The number of benzene rings is 1. The van der Waals surface area contributed by atoms with Gasteiger partial charge in [-0.3, -0.25) is 9.78 Å². The molecule has 21 heavy (non-hydrogen) atoms. The van der Waals surface area contributed by atoms with E-state index in [2.05, 4.69) is 10.3 Å². The smallest absolute Gasteiger partial charge is 0.237 e. The Labute approximate surface area is 129 Å². The first kappa shape index (κ1) is 15.5. The zero-order chi connectivity index (χ0) is 15.2. The molecule has 5 heteroatoms. The summed E-state index contributed by atoms with van der Waals surface area (Å²) in [5, 5.41) is 3.62. The van der Waals surface area contributed by atoms with Gasteiger partial charge in [0.15, 0.2) is 0 Å². The van der Waals surface area contributed by atoms with Crippen molar-refractivity contribution in [2.24, 2.45) is 5.73 Å². The summed E-state index contributed by atoms with van der Waals surface area (Å²) in [5.41, 5.74) is 7.50. The SMILES string of the molecule is CC(N)C(=O)NC(Cc1ccc(Cl)cc1)c1ccccn1. The van der Waals surface area contributed by atoms with E-state index in [-0.39, 0.29) is 11.9 Å². The van der Waals surface area contributed by atoms with Gasteiger partial charge >= 0.3 is 0 Å². The van der Waals surface area contributed by atoms with Crippen LogP contribution in [0.3, 0.4) is 0 Å². The van der Waals surface area contributed by atoms with Crippen LogP contribution in [-0.2, 0) is 11.2 Å². The maximum absolute atomic E-state index is 11.9. The third-order valence-electron chi connectivity index (χ3n) is 3.13. The van der Waals surface area contributed by atoms with Crippen LogP contribution >= 0.6 is 11.6 Å². The molecule has 2 rings (SSSR count). The lowest BCUT2D eigenvalue weighted by molar-refractivity contribution is -0.122. The van der Waals surface area contributed by atoms with Crippen LogP contribution in [0.5, 0.6) is 0 Å². The first-order valence-corrected chi connectivity index (χ1v) is 7.15. The van der Waals surface area contributed by atoms with Gasteiger partial charge < -0.3 is 11.1 Å². The molecule has 0 saturated carbocycles. The van der Waals surface area contributed by atoms with Crippen molar-refractivity contribution in [3.63, 3.8) is 0 Å². The standard InChI is InChI=1S/C16H18ClN3O/c1-11(18)16(21)20-15(14-4-2-3-9-19-14)10-12-5-7-13(17)8-6-12/h2-9,11,15H,10,18H2,1H3,(H,20,21). The molecule has 0 bridgehead atoms. The van der Waals surface area contributed by atoms with Gasteiger partial charge in [0.05, 0.1) is 17.8 Å². The molecule has 110 valence electrons. The molecule has 2 aromatic rings. The summed E-state index contributed by atoms with van der Waals surface area (Å²) in [6.45, 7) is 1.66. The third kappa shape index (κ3) is 4.55. The van der Waals surface area contributed by atoms with Crippen molar-refractivity contribution in [1.29, 1.82) is 0 Å². The Kier molecular flexibility index (Phi) is 5.31. The van der Waals surface area contributed by atoms with E-state index in [0.717, 1.165) is 11.3 Å². The molecule has 0 aliphatic rings. The third-order valence-corrected chi connectivity index (χ3v) is 3.38. The zero-order valence-electron chi connectivity index (χ0n) is 11.8. The Hall–Kier alpha value is -1.91. The van der Waals surface area contributed by atoms with Crippen LogP contribution in [0.2, 0.25) is 5.02 Å². The molecule has 0 radical (unpaired) electrons. The molecule has 0 aliphatic carbocycles. The maximum Gasteiger partial charge on any atom is 0.237 e. The summed E-state index contributed by atoms with van der Waals surface area (Å²) >= 11 is 5.89. The molecule has 1 amide bonds. The second-order valence-corrected chi connectivity index (χ2v) is 5.37. The average Bonchev–Trinajstić information content (AvgIpc) is 2.49. The lowest BCUT2D eigenvalue weighted by atomic mass is 10.0. The second-order valence-electron chi connectivity index (χ2n) is 4.94. The van der Waals surface area contributed by atoms with Crippen LogP contribution in [0.15, 0.2) is 48.7 Å². The Morgan fingerprint density at radius 1 is 1.29 bits per heavy atom. The van der Waals surface area contributed by atoms with Gasteiger partial charge in [-0.2, -0.15) is 0 Å². The lowest BCUT2D eigenvalue weighted by Crippen LogP contribution is -2.41. The van der Waals surface area contributed by atoms with Crippen LogP contribution in [0, 0.1) is 0 Å². The van der Waals surface area contributed by atoms with E-state index in [1.807, 2.05) is 42.5 Å². The molecule has 3 N–H and O–H groups in total. The van der Waals surface area contributed by atoms with Gasteiger partial charge in [0, 0.05) is 11.2 Å². The van der Waals surface area contributed by atoms with Crippen LogP contribution in [-0.4, -0.2) is 16.9 Å². The summed E-state index contributed by atoms with van der Waals surface area (Å²) in [6.07, 6.45) is 2.34. The van der Waals surface area contributed by atoms with Crippen molar-refractivity contribution in [1.82, 2.24) is 10.3 Å². The Morgan fingerprint density at radius 2 is 2.00 bits per heavy atom. The Morgan fingerprint density at radius 3 is 2.57 bits per heavy atom. The van der Waals surface area contributed by atoms with Gasteiger partial charge in [0.25, 0.3) is 0 Å². The summed E-state index contributed by atoms with van der Waals surface area (Å²) in [4.78, 5) is 16.2. The van der Waals surface area contributed by atoms with Gasteiger partial charge in [-0.05, 0) is 43.2 Å². The van der Waals surface area contributed by atoms with Gasteiger partial charge in [-0.25, -0.2) is 0 Å². The fourth-order valence-corrected chi connectivity index (χ4v) is 2.10. The quantitative estimate of drug-likeness (QED) is 0.891. The number of pyridine rings is 1. The molecule has 1 aromatic carbocycles. The number of amides is 1. The highest BCUT2D eigenvalue weighted by Crippen LogP contribution is 2.18. The van der Waals surface area contributed by atoms with E-state index >= 15 is 0 Å². The molecule has 1 heterocycles. The molecule has 0 saturated heterocycles. The van der Waals surface area contributed by atoms with Gasteiger partial charge in [0.1, 0.15) is 0 Å². The number of rotatable bonds is 5. The van der Waals surface area contributed by atoms with E-state index < -0.39 is 6.04 Å². The van der Waals surface area contributed by atoms with E-state index in [9.17, 15) is 4.79 Å². The lowest BCUT2D eigenvalue weighted by Gasteiger charge is -2.19. The molecule has 1 aromatic heterocycles. The van der Waals surface area contributed by atoms with Crippen LogP contribution in [0.1, 0.15) is 24.2 Å². The fourth-order valence-electron chi connectivity index (χ4n) is 1.97. The van der Waals surface area contributed by atoms with E-state index in [4.69, 9.17) is 17.3 Å². The monoisotopic (exact) mass is 303 g/mol. The molecule has 0 aliphatic heterocycles. The predicted molar refractivity (Wildman–Crippen MR) is 83.9 cm³/mol. The minimum Gasteiger partial charge on any atom is -0.346 e. The summed E-state index contributed by atoms with van der Waals surface area (Å²) in [6, 6.07) is 12.4. The minimum atomic E-state index is -0.554. The molecular weight excluding hydrogens is 286 g/mol. The molecule has 2 unspecified atom stereocenters. The number of hydrogen-bond donors (Lipinski definition) is 2. The number of hydrogen-bond acceptors (Lipinski definition) is 3. The van der Waals surface area contributed by atoms with Gasteiger partial charge in [-0.1, -0.05) is 29.8 Å². The highest BCUT2D eigenvalue weighted by atomic mass is 35.5. The van der Waals surface area contributed by atoms with Crippen molar-refractivity contribution in [2.45, 2.75) is 25.4 Å². The number of nitrogens with zero attached hydrogens (tertiary/aromatic N) is 1. The normalized spacial score (nSPS) is 13.5. The number of halogens is 1. The van der Waals surface area contributed by atoms with E-state index in [1.165, 1.54) is 0 Å². The van der Waals surface area contributed by atoms with Gasteiger partial charge in [0.2, 0.25) is 5.91 Å².